The first kappa shape index (κ1) is 21.7. The predicted molar refractivity (Wildman–Crippen MR) is 103 cm³/mol. The molecule has 2 heterocycles. The highest BCUT2D eigenvalue weighted by molar-refractivity contribution is 7.99. The minimum Gasteiger partial charge on any atom is -0.484 e. The minimum absolute atomic E-state index is 0.00468. The second-order valence-electron chi connectivity index (χ2n) is 6.32. The molecule has 1 aromatic carbocycles. The van der Waals surface area contributed by atoms with Gasteiger partial charge in [-0.2, -0.15) is 13.2 Å². The van der Waals surface area contributed by atoms with Crippen molar-refractivity contribution >= 4 is 29.4 Å². The Morgan fingerprint density at radius 3 is 2.63 bits per heavy atom. The van der Waals surface area contributed by atoms with Gasteiger partial charge < -0.3 is 15.4 Å². The molecule has 2 N–H and O–H groups in total. The molecular formula is C18H17F3N4O4S. The van der Waals surface area contributed by atoms with Gasteiger partial charge in [0.1, 0.15) is 11.6 Å². The average Bonchev–Trinajstić information content (AvgIpc) is 3.04. The van der Waals surface area contributed by atoms with E-state index in [2.05, 4.69) is 20.4 Å². The number of alkyl halides is 3. The third kappa shape index (κ3) is 5.32. The number of hydrogen-bond donors (Lipinski definition) is 2. The lowest BCUT2D eigenvalue weighted by molar-refractivity contribution is -0.153. The lowest BCUT2D eigenvalue weighted by Gasteiger charge is -2.14. The quantitative estimate of drug-likeness (QED) is 0.386. The number of amides is 2. The zero-order valence-electron chi connectivity index (χ0n) is 15.7. The van der Waals surface area contributed by atoms with Crippen LogP contribution in [0.1, 0.15) is 12.5 Å². The first-order valence-electron chi connectivity index (χ1n) is 8.77. The fourth-order valence-corrected chi connectivity index (χ4v) is 3.55. The highest BCUT2D eigenvalue weighted by Crippen LogP contribution is 2.26. The molecule has 2 amide bonds. The molecule has 0 bridgehead atoms. The molecule has 0 spiro atoms. The number of ether oxygens (including phenoxy) is 1. The van der Waals surface area contributed by atoms with Crippen LogP contribution in [-0.2, 0) is 16.0 Å². The second kappa shape index (κ2) is 8.78. The summed E-state index contributed by atoms with van der Waals surface area (Å²) in [6.07, 6.45) is -4.57. The van der Waals surface area contributed by atoms with Gasteiger partial charge in [-0.25, -0.2) is 4.98 Å². The van der Waals surface area contributed by atoms with Crippen molar-refractivity contribution in [1.82, 2.24) is 14.9 Å². The van der Waals surface area contributed by atoms with Crippen LogP contribution < -0.4 is 20.9 Å². The van der Waals surface area contributed by atoms with Gasteiger partial charge in [-0.05, 0) is 24.3 Å². The molecule has 2 aromatic rings. The normalized spacial score (nSPS) is 13.0. The number of fused-ring (bicyclic) bond motifs is 1. The molecule has 3 rings (SSSR count). The largest absolute Gasteiger partial charge is 0.484 e. The number of thioether (sulfide) groups is 1. The van der Waals surface area contributed by atoms with Crippen molar-refractivity contribution in [2.45, 2.75) is 24.7 Å². The van der Waals surface area contributed by atoms with E-state index < -0.39 is 18.3 Å². The fourth-order valence-electron chi connectivity index (χ4n) is 2.69. The fraction of sp³-hybridized carbons (Fsp3) is 0.333. The Morgan fingerprint density at radius 2 is 2.00 bits per heavy atom. The van der Waals surface area contributed by atoms with Gasteiger partial charge in [0.05, 0.1) is 17.7 Å². The van der Waals surface area contributed by atoms with Crippen LogP contribution in [0, 0.1) is 0 Å². The van der Waals surface area contributed by atoms with E-state index >= 15 is 0 Å². The van der Waals surface area contributed by atoms with Gasteiger partial charge in [0.2, 0.25) is 11.8 Å². The standard InChI is InChI=1S/C18H17F3N4O4S/c1-10(26)22-6-7-30-17-24-15-13(8-14(27)23-15)16(28)25(17)11-2-4-12(5-3-11)29-9-18(19,20)21/h2-5H,6-9H2,1H3,(H,22,26)(H,23,27). The van der Waals surface area contributed by atoms with Crippen molar-refractivity contribution in [2.75, 3.05) is 24.2 Å². The van der Waals surface area contributed by atoms with Crippen molar-refractivity contribution in [3.8, 4) is 11.4 Å². The van der Waals surface area contributed by atoms with Crippen LogP contribution in [0.25, 0.3) is 5.69 Å². The maximum Gasteiger partial charge on any atom is 0.422 e. The Morgan fingerprint density at radius 1 is 1.30 bits per heavy atom. The predicted octanol–water partition coefficient (Wildman–Crippen LogP) is 1.90. The lowest BCUT2D eigenvalue weighted by Crippen LogP contribution is -2.26. The lowest BCUT2D eigenvalue weighted by atomic mass is 10.2. The SMILES string of the molecule is CC(=O)NCCSc1nc2c(c(=O)n1-c1ccc(OCC(F)(F)F)cc1)CC(=O)N2. The summed E-state index contributed by atoms with van der Waals surface area (Å²) in [5.41, 5.74) is 0.115. The maximum absolute atomic E-state index is 13.0. The van der Waals surface area contributed by atoms with Crippen LogP contribution >= 0.6 is 11.8 Å². The van der Waals surface area contributed by atoms with Crippen molar-refractivity contribution in [3.63, 3.8) is 0 Å². The van der Waals surface area contributed by atoms with Gasteiger partial charge in [-0.1, -0.05) is 11.8 Å². The molecule has 12 heteroatoms. The van der Waals surface area contributed by atoms with Gasteiger partial charge in [-0.15, -0.1) is 0 Å². The van der Waals surface area contributed by atoms with Crippen LogP contribution in [0.2, 0.25) is 0 Å². The zero-order chi connectivity index (χ0) is 21.9. The van der Waals surface area contributed by atoms with Crippen molar-refractivity contribution in [2.24, 2.45) is 0 Å². The van der Waals surface area contributed by atoms with E-state index in [1.165, 1.54) is 47.5 Å². The summed E-state index contributed by atoms with van der Waals surface area (Å²) in [5.74, 6) is 0.0448. The van der Waals surface area contributed by atoms with Crippen LogP contribution in [0.5, 0.6) is 5.75 Å². The highest BCUT2D eigenvalue weighted by atomic mass is 32.2. The molecule has 0 fully saturated rings. The van der Waals surface area contributed by atoms with Crippen LogP contribution in [0.4, 0.5) is 19.0 Å². The molecule has 0 unspecified atom stereocenters. The van der Waals surface area contributed by atoms with E-state index in [1.807, 2.05) is 0 Å². The molecular weight excluding hydrogens is 425 g/mol. The number of halogens is 3. The Hall–Kier alpha value is -3.02. The maximum atomic E-state index is 13.0. The Bertz CT molecular complexity index is 1020. The molecule has 30 heavy (non-hydrogen) atoms. The van der Waals surface area contributed by atoms with Crippen molar-refractivity contribution in [3.05, 3.63) is 40.2 Å². The third-order valence-electron chi connectivity index (χ3n) is 3.95. The van der Waals surface area contributed by atoms with Crippen LogP contribution in [-0.4, -0.2) is 46.4 Å². The van der Waals surface area contributed by atoms with E-state index in [9.17, 15) is 27.6 Å². The van der Waals surface area contributed by atoms with Gasteiger partial charge in [0.25, 0.3) is 5.56 Å². The topological polar surface area (TPSA) is 102 Å². The first-order valence-corrected chi connectivity index (χ1v) is 9.75. The first-order chi connectivity index (χ1) is 14.1. The summed E-state index contributed by atoms with van der Waals surface area (Å²) in [6.45, 7) is 0.292. The van der Waals surface area contributed by atoms with Crippen LogP contribution in [0.3, 0.4) is 0 Å². The number of carbonyl (C=O) groups is 2. The zero-order valence-corrected chi connectivity index (χ0v) is 16.5. The second-order valence-corrected chi connectivity index (χ2v) is 7.38. The van der Waals surface area contributed by atoms with Crippen molar-refractivity contribution < 1.29 is 27.5 Å². The molecule has 0 radical (unpaired) electrons. The van der Waals surface area contributed by atoms with Crippen LogP contribution in [0.15, 0.2) is 34.2 Å². The van der Waals surface area contributed by atoms with E-state index in [0.29, 0.717) is 18.0 Å². The number of anilines is 1. The number of rotatable bonds is 7. The smallest absolute Gasteiger partial charge is 0.422 e. The van der Waals surface area contributed by atoms with Gasteiger partial charge in [0, 0.05) is 19.2 Å². The number of benzene rings is 1. The molecule has 0 saturated carbocycles. The van der Waals surface area contributed by atoms with Crippen molar-refractivity contribution in [1.29, 1.82) is 0 Å². The monoisotopic (exact) mass is 442 g/mol. The number of nitrogens with zero attached hydrogens (tertiary/aromatic N) is 2. The van der Waals surface area contributed by atoms with Gasteiger partial charge >= 0.3 is 6.18 Å². The Labute approximate surface area is 172 Å². The molecule has 160 valence electrons. The summed E-state index contributed by atoms with van der Waals surface area (Å²) in [4.78, 5) is 40.0. The highest BCUT2D eigenvalue weighted by Gasteiger charge is 2.29. The molecule has 1 aliphatic rings. The molecule has 1 aliphatic heterocycles. The van der Waals surface area contributed by atoms with Gasteiger partial charge in [0.15, 0.2) is 11.8 Å². The number of aromatic nitrogens is 2. The Kier molecular flexibility index (Phi) is 6.34. The van der Waals surface area contributed by atoms with E-state index in [0.717, 1.165) is 0 Å². The van der Waals surface area contributed by atoms with E-state index in [4.69, 9.17) is 0 Å². The molecule has 0 atom stereocenters. The Balaban J connectivity index is 1.90. The third-order valence-corrected chi connectivity index (χ3v) is 4.89. The molecule has 0 saturated heterocycles. The van der Waals surface area contributed by atoms with Gasteiger partial charge in [-0.3, -0.25) is 19.0 Å². The summed E-state index contributed by atoms with van der Waals surface area (Å²) in [7, 11) is 0. The van der Waals surface area contributed by atoms with E-state index in [1.54, 1.807) is 0 Å². The summed E-state index contributed by atoms with van der Waals surface area (Å²) in [5, 5.41) is 5.44. The summed E-state index contributed by atoms with van der Waals surface area (Å²) >= 11 is 1.19. The molecule has 1 aromatic heterocycles. The average molecular weight is 442 g/mol. The number of hydrogen-bond acceptors (Lipinski definition) is 6. The summed E-state index contributed by atoms with van der Waals surface area (Å²) < 4.78 is 42.9. The molecule has 8 nitrogen and oxygen atoms in total. The number of carbonyl (C=O) groups excluding carboxylic acids is 2. The van der Waals surface area contributed by atoms with E-state index in [-0.39, 0.29) is 40.5 Å². The minimum atomic E-state index is -4.46. The number of nitrogens with one attached hydrogen (secondary N) is 2. The summed E-state index contributed by atoms with van der Waals surface area (Å²) in [6, 6.07) is 5.50. The molecule has 0 aliphatic carbocycles.